The van der Waals surface area contributed by atoms with E-state index in [9.17, 15) is 14.7 Å². The predicted molar refractivity (Wildman–Crippen MR) is 115 cm³/mol. The van der Waals surface area contributed by atoms with Crippen molar-refractivity contribution in [2.75, 3.05) is 13.2 Å². The monoisotopic (exact) mass is 414 g/mol. The summed E-state index contributed by atoms with van der Waals surface area (Å²) in [7, 11) is 0. The highest BCUT2D eigenvalue weighted by Gasteiger charge is 2.36. The average molecular weight is 415 g/mol. The summed E-state index contributed by atoms with van der Waals surface area (Å²) in [5.41, 5.74) is -0.554. The lowest BCUT2D eigenvalue weighted by Crippen LogP contribution is -2.43. The van der Waals surface area contributed by atoms with Crippen LogP contribution < -0.4 is 20.1 Å². The van der Waals surface area contributed by atoms with Gasteiger partial charge in [-0.1, -0.05) is 30.3 Å². The number of carbonyl (C=O) groups is 2. The number of nitrogens with one attached hydrogen (secondary N) is 2. The lowest BCUT2D eigenvalue weighted by atomic mass is 9.96. The van der Waals surface area contributed by atoms with Crippen LogP contribution >= 0.6 is 0 Å². The minimum atomic E-state index is -1.38. The maximum atomic E-state index is 11.8. The van der Waals surface area contributed by atoms with Crippen LogP contribution in [0.25, 0.3) is 0 Å². The second-order valence-corrected chi connectivity index (χ2v) is 7.53. The molecule has 2 rings (SSSR count). The lowest BCUT2D eigenvalue weighted by molar-refractivity contribution is -0.153. The summed E-state index contributed by atoms with van der Waals surface area (Å²) in [4.78, 5) is 23.3. The molecule has 0 bridgehead atoms. The molecule has 2 aromatic rings. The molecule has 0 aliphatic heterocycles. The molecule has 162 valence electrons. The molecule has 0 aromatic heterocycles. The van der Waals surface area contributed by atoms with E-state index in [0.29, 0.717) is 31.1 Å². The van der Waals surface area contributed by atoms with Gasteiger partial charge in [0.05, 0.1) is 6.61 Å². The van der Waals surface area contributed by atoms with Crippen LogP contribution in [0.1, 0.15) is 32.8 Å². The van der Waals surface area contributed by atoms with E-state index in [2.05, 4.69) is 10.6 Å². The standard InChI is InChI=1S/C23H30N2O5/c1-17(2)25-22(28)24-14-7-15-29-19-12-10-18(11-13-19)16-23(3,21(26)27)30-20-8-5-4-6-9-20/h4-6,8-13,17H,7,14-16H2,1-3H3,(H,26,27)(H2,24,25,28)/t23-/m0/s1. The molecule has 1 atom stereocenters. The highest BCUT2D eigenvalue weighted by atomic mass is 16.5. The van der Waals surface area contributed by atoms with E-state index < -0.39 is 11.6 Å². The fourth-order valence-corrected chi connectivity index (χ4v) is 2.77. The molecule has 0 heterocycles. The van der Waals surface area contributed by atoms with Crippen molar-refractivity contribution in [3.63, 3.8) is 0 Å². The molecule has 0 saturated heterocycles. The fourth-order valence-electron chi connectivity index (χ4n) is 2.77. The first-order valence-electron chi connectivity index (χ1n) is 10.0. The van der Waals surface area contributed by atoms with E-state index in [1.165, 1.54) is 0 Å². The molecule has 2 amide bonds. The molecule has 7 heteroatoms. The Morgan fingerprint density at radius 3 is 2.30 bits per heavy atom. The van der Waals surface area contributed by atoms with Crippen LogP contribution in [-0.2, 0) is 11.2 Å². The highest BCUT2D eigenvalue weighted by molar-refractivity contribution is 5.78. The Hall–Kier alpha value is -3.22. The second-order valence-electron chi connectivity index (χ2n) is 7.53. The van der Waals surface area contributed by atoms with Gasteiger partial charge < -0.3 is 25.2 Å². The number of carboxylic acids is 1. The molecule has 0 saturated carbocycles. The summed E-state index contributed by atoms with van der Waals surface area (Å²) in [6, 6.07) is 16.1. The van der Waals surface area contributed by atoms with Crippen molar-refractivity contribution in [3.05, 3.63) is 60.2 Å². The average Bonchev–Trinajstić information content (AvgIpc) is 2.69. The number of rotatable bonds is 11. The van der Waals surface area contributed by atoms with Crippen molar-refractivity contribution >= 4 is 12.0 Å². The summed E-state index contributed by atoms with van der Waals surface area (Å²) >= 11 is 0. The number of amides is 2. The summed E-state index contributed by atoms with van der Waals surface area (Å²) in [5.74, 6) is 0.171. The molecular formula is C23H30N2O5. The Balaban J connectivity index is 1.82. The molecule has 0 aliphatic rings. The Labute approximate surface area is 177 Å². The van der Waals surface area contributed by atoms with Crippen molar-refractivity contribution in [1.82, 2.24) is 10.6 Å². The molecule has 30 heavy (non-hydrogen) atoms. The number of carboxylic acid groups (broad SMARTS) is 1. The Morgan fingerprint density at radius 1 is 1.03 bits per heavy atom. The predicted octanol–water partition coefficient (Wildman–Crippen LogP) is 3.63. The van der Waals surface area contributed by atoms with Gasteiger partial charge in [-0.05, 0) is 57.0 Å². The Morgan fingerprint density at radius 2 is 1.70 bits per heavy atom. The molecule has 2 aromatic carbocycles. The van der Waals surface area contributed by atoms with Gasteiger partial charge in [-0.3, -0.25) is 0 Å². The van der Waals surface area contributed by atoms with Gasteiger partial charge in [-0.25, -0.2) is 9.59 Å². The SMILES string of the molecule is CC(C)NC(=O)NCCCOc1ccc(C[C@](C)(Oc2ccccc2)C(=O)O)cc1. The van der Waals surface area contributed by atoms with Crippen LogP contribution in [0, 0.1) is 0 Å². The van der Waals surface area contributed by atoms with Crippen molar-refractivity contribution in [2.45, 2.75) is 45.3 Å². The van der Waals surface area contributed by atoms with Crippen LogP contribution in [-0.4, -0.2) is 41.9 Å². The minimum absolute atomic E-state index is 0.0980. The van der Waals surface area contributed by atoms with Gasteiger partial charge in [0, 0.05) is 19.0 Å². The van der Waals surface area contributed by atoms with Crippen LogP contribution in [0.4, 0.5) is 4.79 Å². The number of urea groups is 1. The summed E-state index contributed by atoms with van der Waals surface area (Å²) in [6.45, 7) is 6.35. The molecule has 0 radical (unpaired) electrons. The van der Waals surface area contributed by atoms with Gasteiger partial charge in [0.25, 0.3) is 0 Å². The van der Waals surface area contributed by atoms with Crippen LogP contribution in [0.2, 0.25) is 0 Å². The number of para-hydroxylation sites is 1. The third-order valence-corrected chi connectivity index (χ3v) is 4.30. The topological polar surface area (TPSA) is 96.9 Å². The van der Waals surface area contributed by atoms with Crippen molar-refractivity contribution in [2.24, 2.45) is 0 Å². The summed E-state index contributed by atoms with van der Waals surface area (Å²) < 4.78 is 11.4. The number of carbonyl (C=O) groups excluding carboxylic acids is 1. The zero-order chi connectivity index (χ0) is 22.0. The Kier molecular flexibility index (Phi) is 8.53. The molecule has 0 aliphatic carbocycles. The van der Waals surface area contributed by atoms with Gasteiger partial charge in [0.1, 0.15) is 11.5 Å². The van der Waals surface area contributed by atoms with Gasteiger partial charge in [-0.15, -0.1) is 0 Å². The lowest BCUT2D eigenvalue weighted by Gasteiger charge is -2.26. The zero-order valence-corrected chi connectivity index (χ0v) is 17.7. The van der Waals surface area contributed by atoms with Crippen molar-refractivity contribution < 1.29 is 24.2 Å². The maximum absolute atomic E-state index is 11.8. The quantitative estimate of drug-likeness (QED) is 0.488. The third kappa shape index (κ3) is 7.66. The first kappa shape index (κ1) is 23.1. The molecular weight excluding hydrogens is 384 g/mol. The van der Waals surface area contributed by atoms with Crippen LogP contribution in [0.3, 0.4) is 0 Å². The first-order valence-corrected chi connectivity index (χ1v) is 10.0. The number of aliphatic carboxylic acids is 1. The minimum Gasteiger partial charge on any atom is -0.494 e. The van der Waals surface area contributed by atoms with Crippen molar-refractivity contribution in [3.8, 4) is 11.5 Å². The number of benzene rings is 2. The van der Waals surface area contributed by atoms with E-state index in [4.69, 9.17) is 9.47 Å². The second kappa shape index (κ2) is 11.1. The highest BCUT2D eigenvalue weighted by Crippen LogP contribution is 2.24. The van der Waals surface area contributed by atoms with E-state index in [1.807, 2.05) is 32.0 Å². The summed E-state index contributed by atoms with van der Waals surface area (Å²) in [6.07, 6.45) is 0.891. The fraction of sp³-hybridized carbons (Fsp3) is 0.391. The molecule has 0 fully saturated rings. The van der Waals surface area contributed by atoms with Gasteiger partial charge in [0.2, 0.25) is 5.60 Å². The van der Waals surface area contributed by atoms with Crippen LogP contribution in [0.15, 0.2) is 54.6 Å². The maximum Gasteiger partial charge on any atom is 0.348 e. The largest absolute Gasteiger partial charge is 0.494 e. The number of ether oxygens (including phenoxy) is 2. The number of hydrogen-bond acceptors (Lipinski definition) is 4. The Bertz CT molecular complexity index is 808. The number of hydrogen-bond donors (Lipinski definition) is 3. The van der Waals surface area contributed by atoms with Gasteiger partial charge >= 0.3 is 12.0 Å². The van der Waals surface area contributed by atoms with E-state index in [1.54, 1.807) is 43.3 Å². The zero-order valence-electron chi connectivity index (χ0n) is 17.7. The van der Waals surface area contributed by atoms with Crippen LogP contribution in [0.5, 0.6) is 11.5 Å². The molecule has 7 nitrogen and oxygen atoms in total. The smallest absolute Gasteiger partial charge is 0.348 e. The van der Waals surface area contributed by atoms with E-state index in [-0.39, 0.29) is 18.5 Å². The van der Waals surface area contributed by atoms with Gasteiger partial charge in [0.15, 0.2) is 0 Å². The van der Waals surface area contributed by atoms with E-state index in [0.717, 1.165) is 5.56 Å². The van der Waals surface area contributed by atoms with E-state index >= 15 is 0 Å². The molecule has 3 N–H and O–H groups in total. The van der Waals surface area contributed by atoms with Crippen molar-refractivity contribution in [1.29, 1.82) is 0 Å². The van der Waals surface area contributed by atoms with Gasteiger partial charge in [-0.2, -0.15) is 0 Å². The normalized spacial score (nSPS) is 12.7. The molecule has 0 unspecified atom stereocenters. The third-order valence-electron chi connectivity index (χ3n) is 4.30. The first-order chi connectivity index (χ1) is 14.3. The summed E-state index contributed by atoms with van der Waals surface area (Å²) in [5, 5.41) is 15.2. The molecule has 0 spiro atoms.